The van der Waals surface area contributed by atoms with E-state index in [1.165, 1.54) is 9.79 Å². The van der Waals surface area contributed by atoms with Crippen molar-refractivity contribution in [3.8, 4) is 0 Å². The summed E-state index contributed by atoms with van der Waals surface area (Å²) in [6, 6.07) is 20.9. The highest BCUT2D eigenvalue weighted by atomic mass is 32.2. The highest BCUT2D eigenvalue weighted by Gasteiger charge is 2.35. The molecule has 0 aromatic heterocycles. The monoisotopic (exact) mass is 538 g/mol. The van der Waals surface area contributed by atoms with Gasteiger partial charge in [0.05, 0.1) is 10.3 Å². The van der Waals surface area contributed by atoms with Crippen molar-refractivity contribution in [2.45, 2.75) is 73.7 Å². The van der Waals surface area contributed by atoms with Gasteiger partial charge in [-0.1, -0.05) is 56.3 Å². The summed E-state index contributed by atoms with van der Waals surface area (Å²) in [5.41, 5.74) is 0.434. The predicted octanol–water partition coefficient (Wildman–Crippen LogP) is 8.87. The van der Waals surface area contributed by atoms with Crippen LogP contribution < -0.4 is 0 Å². The van der Waals surface area contributed by atoms with Crippen LogP contribution in [-0.4, -0.2) is 25.0 Å². The highest BCUT2D eigenvalue weighted by molar-refractivity contribution is 8.17. The van der Waals surface area contributed by atoms with Gasteiger partial charge in [0.25, 0.3) is 0 Å². The van der Waals surface area contributed by atoms with Gasteiger partial charge in [-0.15, -0.1) is 23.5 Å². The van der Waals surface area contributed by atoms with Crippen molar-refractivity contribution >= 4 is 37.8 Å². The molecule has 1 atom stereocenters. The van der Waals surface area contributed by atoms with Gasteiger partial charge in [-0.2, -0.15) is 0 Å². The number of thioether (sulfide) groups is 2. The molecule has 3 rings (SSSR count). The molecule has 0 spiro atoms. The fourth-order valence-electron chi connectivity index (χ4n) is 3.68. The summed E-state index contributed by atoms with van der Waals surface area (Å²) in [4.78, 5) is 15.3. The van der Waals surface area contributed by atoms with Crippen LogP contribution in [0, 0.1) is 5.41 Å². The summed E-state index contributed by atoms with van der Waals surface area (Å²) in [6.07, 6.45) is 9.40. The molecule has 2 aromatic rings. The molecule has 0 radical (unpaired) electrons. The number of esters is 1. The van der Waals surface area contributed by atoms with Crippen LogP contribution >= 0.6 is 23.5 Å². The molecular weight excluding hydrogens is 501 g/mol. The molecule has 0 fully saturated rings. The Bertz CT molecular complexity index is 1040. The molecule has 2 aromatic carbocycles. The van der Waals surface area contributed by atoms with Gasteiger partial charge >= 0.3 is 5.97 Å². The topological polar surface area (TPSA) is 35.5 Å². The van der Waals surface area contributed by atoms with Crippen molar-refractivity contribution in [1.82, 2.24) is 0 Å². The molecule has 192 valence electrons. The lowest BCUT2D eigenvalue weighted by atomic mass is 9.85. The zero-order valence-electron chi connectivity index (χ0n) is 22.2. The molecule has 0 unspecified atom stereocenters. The molecular formula is C30H38O3S2Si. The van der Waals surface area contributed by atoms with Gasteiger partial charge in [0, 0.05) is 20.8 Å². The van der Waals surface area contributed by atoms with Crippen molar-refractivity contribution in [2.24, 2.45) is 5.41 Å². The first-order chi connectivity index (χ1) is 17.1. The molecule has 0 N–H and O–H groups in total. The maximum absolute atomic E-state index is 12.8. The summed E-state index contributed by atoms with van der Waals surface area (Å²) in [5, 5.41) is 0. The van der Waals surface area contributed by atoms with Gasteiger partial charge in [-0.25, -0.2) is 4.79 Å². The lowest BCUT2D eigenvalue weighted by Crippen LogP contribution is -2.27. The maximum Gasteiger partial charge on any atom is 0.334 e. The second kappa shape index (κ2) is 12.9. The quantitative estimate of drug-likeness (QED) is 0.0673. The van der Waals surface area contributed by atoms with Crippen LogP contribution in [0.2, 0.25) is 19.6 Å². The van der Waals surface area contributed by atoms with Crippen molar-refractivity contribution in [3.05, 3.63) is 96.3 Å². The third kappa shape index (κ3) is 9.06. The van der Waals surface area contributed by atoms with Crippen LogP contribution in [-0.2, 0) is 14.0 Å². The lowest BCUT2D eigenvalue weighted by molar-refractivity contribution is -0.142. The fraction of sp³-hybridized carbons (Fsp3) is 0.367. The highest BCUT2D eigenvalue weighted by Crippen LogP contribution is 2.40. The van der Waals surface area contributed by atoms with E-state index in [1.807, 2.05) is 60.8 Å². The van der Waals surface area contributed by atoms with Crippen LogP contribution in [0.25, 0.3) is 0 Å². The van der Waals surface area contributed by atoms with Crippen LogP contribution in [0.5, 0.6) is 0 Å². The van der Waals surface area contributed by atoms with E-state index >= 15 is 0 Å². The third-order valence-electron chi connectivity index (χ3n) is 5.64. The van der Waals surface area contributed by atoms with Crippen LogP contribution in [0.1, 0.15) is 33.6 Å². The number of hydrogen-bond donors (Lipinski definition) is 0. The Hall–Kier alpha value is -2.15. The second-order valence-electron chi connectivity index (χ2n) is 10.4. The zero-order valence-corrected chi connectivity index (χ0v) is 24.8. The van der Waals surface area contributed by atoms with Gasteiger partial charge in [0.1, 0.15) is 6.10 Å². The first-order valence-corrected chi connectivity index (χ1v) is 17.6. The van der Waals surface area contributed by atoms with Crippen molar-refractivity contribution in [3.63, 3.8) is 0 Å². The number of ether oxygens (including phenoxy) is 1. The van der Waals surface area contributed by atoms with Gasteiger partial charge in [0.2, 0.25) is 8.32 Å². The number of allylic oxidation sites excluding steroid dienone is 2. The summed E-state index contributed by atoms with van der Waals surface area (Å²) in [5.74, 6) is 0.675. The standard InChI is InChI=1S/C30H38O3S2Si/c1-7-24(33-36(4,5)6)20-21-30(2,3)27-22-23(29(31)32-27)18-19-28(34-25-14-10-8-11-15-25)35-26-16-12-9-13-17-26/h7-17,20-22,27-28H,18-19H2,1-6H3/b21-20+,24-7-/t27-/m0/s1. The molecule has 0 amide bonds. The zero-order chi connectivity index (χ0) is 26.2. The minimum atomic E-state index is -1.69. The third-order valence-corrected chi connectivity index (χ3v) is 9.15. The van der Waals surface area contributed by atoms with E-state index in [0.29, 0.717) is 6.42 Å². The van der Waals surface area contributed by atoms with Crippen molar-refractivity contribution < 1.29 is 14.0 Å². The number of hydrogen-bond acceptors (Lipinski definition) is 5. The van der Waals surface area contributed by atoms with Crippen LogP contribution in [0.3, 0.4) is 0 Å². The van der Waals surface area contributed by atoms with Gasteiger partial charge < -0.3 is 9.16 Å². The number of carbonyl (C=O) groups is 1. The number of cyclic esters (lactones) is 1. The molecule has 0 saturated heterocycles. The molecule has 1 heterocycles. The van der Waals surface area contributed by atoms with E-state index in [-0.39, 0.29) is 22.1 Å². The van der Waals surface area contributed by atoms with Crippen LogP contribution in [0.15, 0.2) is 106 Å². The predicted molar refractivity (Wildman–Crippen MR) is 157 cm³/mol. The summed E-state index contributed by atoms with van der Waals surface area (Å²) >= 11 is 3.70. The van der Waals surface area contributed by atoms with E-state index in [0.717, 1.165) is 17.8 Å². The number of rotatable bonds is 12. The summed E-state index contributed by atoms with van der Waals surface area (Å²) in [6.45, 7) is 12.7. The Morgan fingerprint density at radius 2 is 1.58 bits per heavy atom. The van der Waals surface area contributed by atoms with Crippen LogP contribution in [0.4, 0.5) is 0 Å². The average molecular weight is 539 g/mol. The smallest absolute Gasteiger partial charge is 0.334 e. The molecule has 0 saturated carbocycles. The Labute approximate surface area is 226 Å². The maximum atomic E-state index is 12.8. The number of benzene rings is 2. The SMILES string of the molecule is C/C=C(/C=C/C(C)(C)[C@@H]1C=C(CCC(Sc2ccccc2)Sc2ccccc2)C(=O)O1)O[Si](C)(C)C. The van der Waals surface area contributed by atoms with Crippen molar-refractivity contribution in [1.29, 1.82) is 0 Å². The molecule has 6 heteroatoms. The normalized spacial score (nSPS) is 17.0. The molecule has 36 heavy (non-hydrogen) atoms. The van der Waals surface area contributed by atoms with Gasteiger partial charge in [0.15, 0.2) is 0 Å². The largest absolute Gasteiger partial charge is 0.545 e. The van der Waals surface area contributed by atoms with Gasteiger partial charge in [-0.3, -0.25) is 0 Å². The molecule has 1 aliphatic heterocycles. The Balaban J connectivity index is 1.68. The first kappa shape index (κ1) is 28.4. The lowest BCUT2D eigenvalue weighted by Gasteiger charge is -2.26. The van der Waals surface area contributed by atoms with Crippen molar-refractivity contribution in [2.75, 3.05) is 0 Å². The van der Waals surface area contributed by atoms with Gasteiger partial charge in [-0.05, 0) is 81.9 Å². The van der Waals surface area contributed by atoms with E-state index < -0.39 is 8.32 Å². The van der Waals surface area contributed by atoms with E-state index in [1.54, 1.807) is 0 Å². The average Bonchev–Trinajstić information content (AvgIpc) is 3.22. The molecule has 0 bridgehead atoms. The van der Waals surface area contributed by atoms with E-state index in [9.17, 15) is 4.79 Å². The second-order valence-corrected chi connectivity index (χ2v) is 17.7. The first-order valence-electron chi connectivity index (χ1n) is 12.5. The van der Waals surface area contributed by atoms with E-state index in [2.05, 4.69) is 88.1 Å². The summed E-state index contributed by atoms with van der Waals surface area (Å²) < 4.78 is 12.2. The molecule has 1 aliphatic rings. The molecule has 0 aliphatic carbocycles. The Morgan fingerprint density at radius 1 is 1.03 bits per heavy atom. The Morgan fingerprint density at radius 3 is 2.08 bits per heavy atom. The summed E-state index contributed by atoms with van der Waals surface area (Å²) in [7, 11) is -1.69. The Kier molecular flexibility index (Phi) is 10.2. The fourth-order valence-corrected chi connectivity index (χ4v) is 7.14. The minimum absolute atomic E-state index is 0.195. The molecule has 3 nitrogen and oxygen atoms in total. The number of carbonyl (C=O) groups excluding carboxylic acids is 1. The van der Waals surface area contributed by atoms with E-state index in [4.69, 9.17) is 9.16 Å². The minimum Gasteiger partial charge on any atom is -0.545 e.